The topological polar surface area (TPSA) is 80.3 Å². The Morgan fingerprint density at radius 3 is 1.08 bits per heavy atom. The van der Waals surface area contributed by atoms with Crippen LogP contribution < -0.4 is 79.5 Å². The van der Waals surface area contributed by atoms with Crippen LogP contribution in [0.25, 0.3) is 0 Å². The van der Waals surface area contributed by atoms with Crippen LogP contribution in [0.5, 0.6) is 0 Å². The van der Waals surface area contributed by atoms with Crippen LogP contribution in [0.15, 0.2) is 24.3 Å². The van der Waals surface area contributed by atoms with Gasteiger partial charge in [-0.1, -0.05) is 21.3 Å². The maximum absolute atomic E-state index is 10.7. The van der Waals surface area contributed by atoms with Crippen LogP contribution in [-0.4, -0.2) is 0 Å². The van der Waals surface area contributed by atoms with Crippen molar-refractivity contribution in [3.63, 3.8) is 0 Å². The zero-order valence-electron chi connectivity index (χ0n) is 16.8. The monoisotopic (exact) mass is 410 g/mol. The molecule has 0 N–H and O–H groups in total. The molecule has 0 spiro atoms. The summed E-state index contributed by atoms with van der Waals surface area (Å²) in [5.74, 6) is 0. The van der Waals surface area contributed by atoms with Gasteiger partial charge in [-0.25, -0.2) is 0 Å². The van der Waals surface area contributed by atoms with E-state index in [4.69, 9.17) is 0 Å². The molecule has 4 nitrogen and oxygen atoms in total. The molecule has 0 aliphatic rings. The second-order valence-electron chi connectivity index (χ2n) is 5.82. The van der Waals surface area contributed by atoms with E-state index in [0.29, 0.717) is 10.6 Å². The van der Waals surface area contributed by atoms with Crippen LogP contribution >= 0.6 is 16.1 Å². The van der Waals surface area contributed by atoms with E-state index in [0.717, 1.165) is 33.4 Å². The van der Waals surface area contributed by atoms with Crippen LogP contribution in [0, 0.1) is 41.5 Å². The molecule has 0 aliphatic carbocycles. The van der Waals surface area contributed by atoms with Gasteiger partial charge in [0.1, 0.15) is 0 Å². The van der Waals surface area contributed by atoms with Crippen molar-refractivity contribution in [2.24, 2.45) is 0 Å². The summed E-state index contributed by atoms with van der Waals surface area (Å²) in [6, 6.07) is 6.98. The SMILES string of the molecule is Cc1ccc([P+](=O)[O-])c(C)c1C.Cc1ccc([P+](=O)[O-])c(C)c1C.[Na+].[Na+]. The largest absolute Gasteiger partial charge is 1.00 e. The summed E-state index contributed by atoms with van der Waals surface area (Å²) in [4.78, 5) is 21.4. The van der Waals surface area contributed by atoms with Crippen LogP contribution in [0.1, 0.15) is 33.4 Å². The third-order valence-electron chi connectivity index (χ3n) is 4.45. The fraction of sp³-hybridized carbons (Fsp3) is 0.333. The van der Waals surface area contributed by atoms with Gasteiger partial charge in [0, 0.05) is 11.1 Å². The number of hydrogen-bond donors (Lipinski definition) is 0. The molecule has 0 aliphatic heterocycles. The summed E-state index contributed by atoms with van der Waals surface area (Å²) in [5, 5.41) is 0.876. The van der Waals surface area contributed by atoms with E-state index in [-0.39, 0.29) is 59.1 Å². The molecule has 0 saturated carbocycles. The summed E-state index contributed by atoms with van der Waals surface area (Å²) in [6.45, 7) is 11.5. The van der Waals surface area contributed by atoms with E-state index in [9.17, 15) is 18.9 Å². The van der Waals surface area contributed by atoms with Crippen LogP contribution in [0.3, 0.4) is 0 Å². The molecule has 26 heavy (non-hydrogen) atoms. The van der Waals surface area contributed by atoms with E-state index in [1.54, 1.807) is 12.1 Å². The van der Waals surface area contributed by atoms with Crippen LogP contribution in [0.4, 0.5) is 0 Å². The number of rotatable bonds is 2. The molecule has 0 fully saturated rings. The van der Waals surface area contributed by atoms with Crippen molar-refractivity contribution in [2.75, 3.05) is 0 Å². The molecule has 2 aromatic rings. The molecule has 0 bridgehead atoms. The molecule has 0 radical (unpaired) electrons. The van der Waals surface area contributed by atoms with Crippen molar-refractivity contribution in [3.8, 4) is 0 Å². The normalized spacial score (nSPS) is 10.6. The first kappa shape index (κ1) is 28.8. The summed E-state index contributed by atoms with van der Waals surface area (Å²) in [6.07, 6.45) is 0. The Morgan fingerprint density at radius 1 is 0.577 bits per heavy atom. The molecule has 2 unspecified atom stereocenters. The predicted molar refractivity (Wildman–Crippen MR) is 95.8 cm³/mol. The smallest absolute Gasteiger partial charge is 0.591 e. The van der Waals surface area contributed by atoms with E-state index < -0.39 is 16.1 Å². The van der Waals surface area contributed by atoms with Gasteiger partial charge in [-0.15, -0.1) is 0 Å². The zero-order chi connectivity index (χ0) is 18.6. The van der Waals surface area contributed by atoms with E-state index in [1.165, 1.54) is 0 Å². The van der Waals surface area contributed by atoms with Crippen molar-refractivity contribution in [1.29, 1.82) is 0 Å². The van der Waals surface area contributed by atoms with Gasteiger partial charge in [0.15, 0.2) is 10.6 Å². The molecular formula is C18H22Na2O4P2+2. The third-order valence-corrected chi connectivity index (χ3v) is 6.21. The first-order chi connectivity index (χ1) is 11.1. The maximum atomic E-state index is 10.7. The number of benzene rings is 2. The average molecular weight is 410 g/mol. The first-order valence-electron chi connectivity index (χ1n) is 7.50. The molecule has 128 valence electrons. The number of aryl methyl sites for hydroxylation is 2. The Balaban J connectivity index is 0. The molecule has 2 atom stereocenters. The van der Waals surface area contributed by atoms with Crippen molar-refractivity contribution in [2.45, 2.75) is 41.5 Å². The van der Waals surface area contributed by atoms with Crippen molar-refractivity contribution in [3.05, 3.63) is 57.6 Å². The Hall–Kier alpha value is 0.560. The summed E-state index contributed by atoms with van der Waals surface area (Å²) >= 11 is 0. The number of hydrogen-bond acceptors (Lipinski definition) is 4. The van der Waals surface area contributed by atoms with Crippen molar-refractivity contribution >= 4 is 26.7 Å². The summed E-state index contributed by atoms with van der Waals surface area (Å²) < 4.78 is 21.4. The van der Waals surface area contributed by atoms with E-state index >= 15 is 0 Å². The Morgan fingerprint density at radius 2 is 0.846 bits per heavy atom. The molecule has 0 heterocycles. The Kier molecular flexibility index (Phi) is 14.3. The average Bonchev–Trinajstić information content (AvgIpc) is 2.50. The van der Waals surface area contributed by atoms with Gasteiger partial charge < -0.3 is 9.79 Å². The zero-order valence-corrected chi connectivity index (χ0v) is 22.6. The van der Waals surface area contributed by atoms with Gasteiger partial charge >= 0.3 is 75.2 Å². The maximum Gasteiger partial charge on any atom is 1.00 e. The minimum atomic E-state index is -2.45. The standard InChI is InChI=1S/2C9H11O2P.2Na/c2*1-6-4-5-9(12(10)11)8(3)7(6)2;;/h2*4-5H,1-3H3;;/q;;2*+1. The van der Waals surface area contributed by atoms with Crippen molar-refractivity contribution in [1.82, 2.24) is 0 Å². The van der Waals surface area contributed by atoms with Crippen LogP contribution in [-0.2, 0) is 9.13 Å². The molecular weight excluding hydrogens is 388 g/mol. The summed E-state index contributed by atoms with van der Waals surface area (Å²) in [5.41, 5.74) is 6.12. The first-order valence-corrected chi connectivity index (χ1v) is 9.85. The molecule has 0 aromatic heterocycles. The van der Waals surface area contributed by atoms with Gasteiger partial charge in [-0.3, -0.25) is 0 Å². The molecule has 2 aromatic carbocycles. The second-order valence-corrected chi connectivity index (χ2v) is 7.81. The Bertz CT molecular complexity index is 741. The van der Waals surface area contributed by atoms with Gasteiger partial charge in [0.05, 0.1) is 0 Å². The second kappa shape index (κ2) is 12.9. The molecule has 0 amide bonds. The van der Waals surface area contributed by atoms with Gasteiger partial charge in [0.25, 0.3) is 0 Å². The van der Waals surface area contributed by atoms with Gasteiger partial charge in [-0.2, -0.15) is 0 Å². The van der Waals surface area contributed by atoms with E-state index in [2.05, 4.69) is 0 Å². The van der Waals surface area contributed by atoms with Crippen molar-refractivity contribution < 1.29 is 78.0 Å². The van der Waals surface area contributed by atoms with Crippen LogP contribution in [0.2, 0.25) is 0 Å². The predicted octanol–water partition coefficient (Wildman–Crippen LogP) is -3.31. The summed E-state index contributed by atoms with van der Waals surface area (Å²) in [7, 11) is -4.89. The minimum absolute atomic E-state index is 0. The molecule has 8 heteroatoms. The van der Waals surface area contributed by atoms with E-state index in [1.807, 2.05) is 53.7 Å². The fourth-order valence-electron chi connectivity index (χ4n) is 2.28. The quantitative estimate of drug-likeness (QED) is 0.384. The Labute approximate surface area is 202 Å². The fourth-order valence-corrected chi connectivity index (χ4v) is 3.55. The third kappa shape index (κ3) is 7.53. The molecule has 2 rings (SSSR count). The van der Waals surface area contributed by atoms with Gasteiger partial charge in [-0.05, 0) is 75.9 Å². The molecule has 0 saturated heterocycles. The van der Waals surface area contributed by atoms with Gasteiger partial charge in [0.2, 0.25) is 0 Å². The minimum Gasteiger partial charge on any atom is -0.591 e.